The number of carbonyl (C=O) groups is 4. The van der Waals surface area contributed by atoms with Crippen molar-refractivity contribution in [3.05, 3.63) is 78.4 Å². The molecule has 2 aromatic carbocycles. The lowest BCUT2D eigenvalue weighted by Gasteiger charge is -2.46. The predicted molar refractivity (Wildman–Crippen MR) is 216 cm³/mol. The third kappa shape index (κ3) is 13.0. The fraction of sp³-hybridized carbons (Fsp3) is 0.545. The number of hydrogen-bond acceptors (Lipinski definition) is 13. The smallest absolute Gasteiger partial charge is 0.411 e. The molecule has 4 N–H and O–H groups in total. The van der Waals surface area contributed by atoms with Crippen LogP contribution in [-0.2, 0) is 33.3 Å². The Morgan fingerprint density at radius 2 is 1.64 bits per heavy atom. The van der Waals surface area contributed by atoms with Crippen molar-refractivity contribution in [1.29, 1.82) is 0 Å². The van der Waals surface area contributed by atoms with Crippen molar-refractivity contribution >= 4 is 29.8 Å². The minimum atomic E-state index is -1.33. The topological polar surface area (TPSA) is 190 Å². The molecule has 2 aliphatic heterocycles. The highest BCUT2D eigenvalue weighted by Gasteiger charge is 2.47. The van der Waals surface area contributed by atoms with E-state index in [1.165, 1.54) is 6.08 Å². The molecule has 4 rings (SSSR count). The molecule has 0 spiro atoms. The molecular weight excluding hydrogens is 748 g/mol. The first-order valence-corrected chi connectivity index (χ1v) is 19.9. The quantitative estimate of drug-likeness (QED) is 0.166. The summed E-state index contributed by atoms with van der Waals surface area (Å²) in [4.78, 5) is 53.7. The Morgan fingerprint density at radius 3 is 2.28 bits per heavy atom. The van der Waals surface area contributed by atoms with E-state index in [0.29, 0.717) is 35.5 Å². The first kappa shape index (κ1) is 46.3. The molecule has 2 heterocycles. The normalized spacial score (nSPS) is 33.0. The Bertz CT molecular complexity index is 1700. The standard InChI is InChI=1S/C44H60N2O12/c1-8-37-31(25-54-44(53)45-32-15-17-34(18-16-32)56-33-12-10-9-11-13-33)22-26(2)14-19-35(48)27(3)23-30(20-21-47)42(28(4)36(49)24-38(50)57-37)58-43-41(52)39(46(6)7)40(51)29(5)55-43/h9-19,21-22,27-31,36-37,39-43,49,51-52H,8,20,23-25H2,1-7H3,(H,45,53)/b19-14+,26-22+/t27-,28+,29-,30+,31-,36-,37-,39+,40-,41-,42-,43+/m1/s1. The number of aliphatic hydroxyl groups is 3. The van der Waals surface area contributed by atoms with Crippen LogP contribution in [-0.4, -0.2) is 114 Å². The summed E-state index contributed by atoms with van der Waals surface area (Å²) in [6.07, 6.45) is -2.53. The highest BCUT2D eigenvalue weighted by atomic mass is 16.7. The third-order valence-corrected chi connectivity index (χ3v) is 10.8. The second kappa shape index (κ2) is 22.1. The molecule has 0 aliphatic carbocycles. The van der Waals surface area contributed by atoms with Gasteiger partial charge in [0.2, 0.25) is 0 Å². The molecule has 2 aliphatic rings. The molecule has 318 valence electrons. The molecule has 12 atom stereocenters. The van der Waals surface area contributed by atoms with Crippen molar-refractivity contribution in [3.63, 3.8) is 0 Å². The predicted octanol–water partition coefficient (Wildman–Crippen LogP) is 5.45. The van der Waals surface area contributed by atoms with E-state index in [-0.39, 0.29) is 25.2 Å². The van der Waals surface area contributed by atoms with E-state index in [0.717, 1.165) is 0 Å². The van der Waals surface area contributed by atoms with Crippen LogP contribution in [0.15, 0.2) is 78.4 Å². The lowest BCUT2D eigenvalue weighted by molar-refractivity contribution is -0.304. The van der Waals surface area contributed by atoms with E-state index in [4.69, 9.17) is 23.7 Å². The van der Waals surface area contributed by atoms with Crippen molar-refractivity contribution in [2.24, 2.45) is 23.7 Å². The maximum Gasteiger partial charge on any atom is 0.411 e. The number of cyclic esters (lactones) is 1. The van der Waals surface area contributed by atoms with E-state index in [1.54, 1.807) is 83.1 Å². The minimum Gasteiger partial charge on any atom is -0.462 e. The van der Waals surface area contributed by atoms with E-state index < -0.39 is 91.1 Å². The Hall–Kier alpha value is -4.44. The number of ether oxygens (including phenoxy) is 5. The van der Waals surface area contributed by atoms with E-state index in [2.05, 4.69) is 5.32 Å². The summed E-state index contributed by atoms with van der Waals surface area (Å²) >= 11 is 0. The zero-order chi connectivity index (χ0) is 42.5. The van der Waals surface area contributed by atoms with Gasteiger partial charge in [0.05, 0.1) is 36.9 Å². The van der Waals surface area contributed by atoms with Crippen LogP contribution >= 0.6 is 0 Å². The van der Waals surface area contributed by atoms with Gasteiger partial charge in [0, 0.05) is 29.9 Å². The summed E-state index contributed by atoms with van der Waals surface area (Å²) in [5.41, 5.74) is 1.12. The summed E-state index contributed by atoms with van der Waals surface area (Å²) < 4.78 is 29.7. The van der Waals surface area contributed by atoms with E-state index in [9.17, 15) is 34.5 Å². The molecular formula is C44H60N2O12. The number of likely N-dealkylation sites (N-methyl/N-ethyl adjacent to an activating group) is 1. The number of benzene rings is 2. The summed E-state index contributed by atoms with van der Waals surface area (Å²) in [6.45, 7) is 8.47. The number of esters is 1. The Labute approximate surface area is 341 Å². The number of carbonyl (C=O) groups excluding carboxylic acids is 4. The van der Waals surface area contributed by atoms with Crippen molar-refractivity contribution in [1.82, 2.24) is 4.90 Å². The highest BCUT2D eigenvalue weighted by molar-refractivity contribution is 5.91. The monoisotopic (exact) mass is 808 g/mol. The second-order valence-corrected chi connectivity index (χ2v) is 15.6. The average Bonchev–Trinajstić information content (AvgIpc) is 3.18. The maximum absolute atomic E-state index is 13.5. The molecule has 0 saturated carbocycles. The Balaban J connectivity index is 1.54. The highest BCUT2D eigenvalue weighted by Crippen LogP contribution is 2.34. The molecule has 0 bridgehead atoms. The zero-order valence-corrected chi connectivity index (χ0v) is 34.4. The van der Waals surface area contributed by atoms with Crippen LogP contribution in [0.1, 0.15) is 60.3 Å². The van der Waals surface area contributed by atoms with Crippen molar-refractivity contribution < 1.29 is 58.2 Å². The number of amides is 1. The Morgan fingerprint density at radius 1 is 0.966 bits per heavy atom. The molecule has 1 saturated heterocycles. The molecule has 2 aromatic rings. The zero-order valence-electron chi connectivity index (χ0n) is 34.4. The number of anilines is 1. The van der Waals surface area contributed by atoms with Crippen molar-refractivity contribution in [2.45, 2.75) is 109 Å². The number of allylic oxidation sites excluding steroid dienone is 3. The van der Waals surface area contributed by atoms with Crippen LogP contribution in [0.4, 0.5) is 10.5 Å². The van der Waals surface area contributed by atoms with Crippen LogP contribution < -0.4 is 10.1 Å². The fourth-order valence-corrected chi connectivity index (χ4v) is 7.47. The van der Waals surface area contributed by atoms with Gasteiger partial charge in [-0.15, -0.1) is 0 Å². The van der Waals surface area contributed by atoms with Gasteiger partial charge in [-0.05, 0) is 89.2 Å². The number of hydrogen-bond donors (Lipinski definition) is 4. The van der Waals surface area contributed by atoms with Crippen LogP contribution in [0.3, 0.4) is 0 Å². The maximum atomic E-state index is 13.5. The van der Waals surface area contributed by atoms with Gasteiger partial charge in [-0.2, -0.15) is 0 Å². The summed E-state index contributed by atoms with van der Waals surface area (Å²) in [6, 6.07) is 15.3. The van der Waals surface area contributed by atoms with Crippen LogP contribution in [0.25, 0.3) is 0 Å². The number of nitrogens with zero attached hydrogens (tertiary/aromatic N) is 1. The first-order valence-electron chi connectivity index (χ1n) is 19.9. The molecule has 14 heteroatoms. The van der Waals surface area contributed by atoms with Gasteiger partial charge in [0.25, 0.3) is 0 Å². The van der Waals surface area contributed by atoms with Crippen molar-refractivity contribution in [3.8, 4) is 11.5 Å². The van der Waals surface area contributed by atoms with Crippen LogP contribution in [0.2, 0.25) is 0 Å². The van der Waals surface area contributed by atoms with Crippen LogP contribution in [0, 0.1) is 23.7 Å². The van der Waals surface area contributed by atoms with E-state index >= 15 is 0 Å². The van der Waals surface area contributed by atoms with Gasteiger partial charge < -0.3 is 48.7 Å². The summed E-state index contributed by atoms with van der Waals surface area (Å²) in [7, 11) is 3.42. The Kier molecular flexibility index (Phi) is 17.6. The molecule has 1 fully saturated rings. The van der Waals surface area contributed by atoms with E-state index in [1.807, 2.05) is 37.3 Å². The molecule has 0 unspecified atom stereocenters. The number of ketones is 1. The number of nitrogens with one attached hydrogen (secondary N) is 1. The van der Waals surface area contributed by atoms with Gasteiger partial charge in [-0.1, -0.05) is 56.7 Å². The number of para-hydroxylation sites is 1. The first-order chi connectivity index (χ1) is 27.6. The SMILES string of the molecule is CC[C@H]1OC(=O)C[C@@H](O)[C@H](C)[C@@H](O[C@@H]2O[C@H](C)[C@@H](O)[C@H](N(C)C)[C@H]2O)[C@@H](CC=O)C[C@@H](C)C(=O)/C=C/C(C)=C/[C@@H]1COC(=O)Nc1ccc(Oc2ccccc2)cc1. The van der Waals surface area contributed by atoms with Gasteiger partial charge in [0.15, 0.2) is 12.1 Å². The molecule has 0 radical (unpaired) electrons. The summed E-state index contributed by atoms with van der Waals surface area (Å²) in [5, 5.41) is 36.3. The van der Waals surface area contributed by atoms with Crippen molar-refractivity contribution in [2.75, 3.05) is 26.0 Å². The molecule has 14 nitrogen and oxygen atoms in total. The largest absolute Gasteiger partial charge is 0.462 e. The van der Waals surface area contributed by atoms with Crippen LogP contribution in [0.5, 0.6) is 11.5 Å². The lowest BCUT2D eigenvalue weighted by atomic mass is 9.79. The fourth-order valence-electron chi connectivity index (χ4n) is 7.47. The summed E-state index contributed by atoms with van der Waals surface area (Å²) in [5.74, 6) is -2.32. The van der Waals surface area contributed by atoms with Gasteiger partial charge in [-0.3, -0.25) is 14.9 Å². The number of aldehydes is 1. The molecule has 1 amide bonds. The molecule has 58 heavy (non-hydrogen) atoms. The van der Waals surface area contributed by atoms with Gasteiger partial charge in [-0.25, -0.2) is 4.79 Å². The second-order valence-electron chi connectivity index (χ2n) is 15.6. The lowest BCUT2D eigenvalue weighted by Crippen LogP contribution is -2.63. The minimum absolute atomic E-state index is 0.0360. The molecule has 0 aromatic heterocycles. The number of rotatable bonds is 11. The van der Waals surface area contributed by atoms with Gasteiger partial charge in [0.1, 0.15) is 36.6 Å². The number of aliphatic hydroxyl groups excluding tert-OH is 3. The third-order valence-electron chi connectivity index (χ3n) is 10.8. The van der Waals surface area contributed by atoms with Gasteiger partial charge >= 0.3 is 12.1 Å². The average molecular weight is 809 g/mol.